The van der Waals surface area contributed by atoms with Gasteiger partial charge in [0.15, 0.2) is 0 Å². The van der Waals surface area contributed by atoms with E-state index in [0.29, 0.717) is 29.6 Å². The van der Waals surface area contributed by atoms with E-state index in [1.54, 1.807) is 0 Å². The van der Waals surface area contributed by atoms with Crippen molar-refractivity contribution in [3.63, 3.8) is 0 Å². The number of rotatable bonds is 15. The Labute approximate surface area is 622 Å². The van der Waals surface area contributed by atoms with Gasteiger partial charge in [-0.2, -0.15) is 0 Å². The lowest BCUT2D eigenvalue weighted by molar-refractivity contribution is -0.181. The van der Waals surface area contributed by atoms with Gasteiger partial charge in [0.1, 0.15) is 72.4 Å². The van der Waals surface area contributed by atoms with Crippen LogP contribution in [0.15, 0.2) is 0 Å². The Bertz CT molecular complexity index is 3000. The zero-order valence-electron chi connectivity index (χ0n) is 58.4. The number of carbonyl (C=O) groups excluding carboxylic acids is 10. The first-order valence-corrected chi connectivity index (χ1v) is 35.4. The number of fused-ring (bicyclic) bond motifs is 5. The van der Waals surface area contributed by atoms with Gasteiger partial charge in [-0.05, 0) is 158 Å². The molecule has 26 atom stereocenters. The van der Waals surface area contributed by atoms with Gasteiger partial charge in [0, 0.05) is 58.7 Å². The van der Waals surface area contributed by atoms with Crippen molar-refractivity contribution in [1.29, 1.82) is 0 Å². The van der Waals surface area contributed by atoms with Crippen molar-refractivity contribution in [3.05, 3.63) is 0 Å². The van der Waals surface area contributed by atoms with Gasteiger partial charge in [0.25, 0.3) is 0 Å². The fraction of sp³-hybridized carbons (Fsp3) is 0.880. The molecule has 26 unspecified atom stereocenters. The van der Waals surface area contributed by atoms with Gasteiger partial charge in [0.05, 0.1) is 45.3 Å². The van der Waals surface area contributed by atoms with Gasteiger partial charge in [0.2, 0.25) is 0 Å². The number of hydrogen-bond acceptors (Lipinski definition) is 20. The van der Waals surface area contributed by atoms with E-state index in [0.717, 1.165) is 89.9 Å². The molecule has 0 radical (unpaired) electrons. The molecule has 0 amide bonds. The summed E-state index contributed by atoms with van der Waals surface area (Å²) in [6, 6.07) is 0. The predicted octanol–water partition coefficient (Wildman–Crippen LogP) is 17.0. The van der Waals surface area contributed by atoms with Gasteiger partial charge in [-0.25, -0.2) is 0 Å². The molecule has 20 nitrogen and oxygen atoms in total. The summed E-state index contributed by atoms with van der Waals surface area (Å²) in [5, 5.41) is 0. The molecular formula is C83H146O20. The average molecular weight is 1460 g/mol. The topological polar surface area (TPSA) is 263 Å². The predicted molar refractivity (Wildman–Crippen MR) is 399 cm³/mol. The quantitative estimate of drug-likeness (QED) is 0.109. The number of esters is 10. The lowest BCUT2D eigenvalue weighted by atomic mass is 9.79. The van der Waals surface area contributed by atoms with E-state index in [9.17, 15) is 47.9 Å². The fourth-order valence-electron chi connectivity index (χ4n) is 19.2. The Morgan fingerprint density at radius 1 is 0.427 bits per heavy atom. The Kier molecular flexibility index (Phi) is 31.1. The molecule has 5 aliphatic heterocycles. The van der Waals surface area contributed by atoms with Crippen LogP contribution in [-0.4, -0.2) is 120 Å². The lowest BCUT2D eigenvalue weighted by Crippen LogP contribution is -2.47. The van der Waals surface area contributed by atoms with Crippen LogP contribution in [0.1, 0.15) is 289 Å². The van der Waals surface area contributed by atoms with Gasteiger partial charge < -0.3 is 47.4 Å². The minimum absolute atomic E-state index is 0. The number of ether oxygens (including phenoxy) is 10. The molecular weight excluding hydrogens is 1320 g/mol. The summed E-state index contributed by atoms with van der Waals surface area (Å²) < 4.78 is 55.7. The van der Waals surface area contributed by atoms with Crippen LogP contribution in [0, 0.1) is 121 Å². The first kappa shape index (κ1) is 95.7. The molecule has 10 saturated carbocycles. The second kappa shape index (κ2) is 33.5. The smallest absolute Gasteiger partial charge is 0.313 e. The maximum absolute atomic E-state index is 12.3. The van der Waals surface area contributed by atoms with Gasteiger partial charge in [-0.1, -0.05) is 137 Å². The maximum atomic E-state index is 12.3. The molecule has 0 N–H and O–H groups in total. The lowest BCUT2D eigenvalue weighted by Gasteiger charge is -2.36. The molecule has 15 rings (SSSR count). The molecule has 0 aromatic rings. The van der Waals surface area contributed by atoms with Crippen molar-refractivity contribution in [2.24, 2.45) is 121 Å². The molecule has 5 saturated heterocycles. The summed E-state index contributed by atoms with van der Waals surface area (Å²) in [5.74, 6) is 0.744. The highest BCUT2D eigenvalue weighted by molar-refractivity contribution is 5.83. The normalized spacial score (nSPS) is 38.3. The van der Waals surface area contributed by atoms with Crippen LogP contribution in [0.3, 0.4) is 0 Å². The molecule has 15 aliphatic rings. The summed E-state index contributed by atoms with van der Waals surface area (Å²) in [6.45, 7) is 35.3. The SMILES string of the molecule is C.C.C.C.C.C.C.C.C.C.CCC(C)(C)C(=O)OC1C2CC3C(=O)OC1(C)C3C2.CCC(C)(C)C(=O)OC1C2CC3OC(=O)C1C3C2.CCC(C)(C)C(=O)OC1C2OC(=O)C3CC1(C)CC32.CCC(C)(C)C(=O)OC1C2OC(=O)C3CC1C(C)(C)C32.CCC(C)C(=O)OC1C2CC3OC(=O)C1C3C2. The third-order valence-corrected chi connectivity index (χ3v) is 27.0. The van der Waals surface area contributed by atoms with Crippen LogP contribution in [0.2, 0.25) is 0 Å². The first-order chi connectivity index (χ1) is 43.3. The van der Waals surface area contributed by atoms with Crippen LogP contribution in [-0.2, 0) is 95.3 Å². The van der Waals surface area contributed by atoms with Crippen molar-refractivity contribution in [2.45, 2.75) is 349 Å². The van der Waals surface area contributed by atoms with Crippen molar-refractivity contribution in [2.75, 3.05) is 0 Å². The van der Waals surface area contributed by atoms with E-state index in [1.165, 1.54) is 0 Å². The molecule has 598 valence electrons. The second-order valence-electron chi connectivity index (χ2n) is 34.3. The van der Waals surface area contributed by atoms with Crippen molar-refractivity contribution >= 4 is 59.7 Å². The van der Waals surface area contributed by atoms with E-state index in [1.807, 2.05) is 104 Å². The van der Waals surface area contributed by atoms with Crippen molar-refractivity contribution in [1.82, 2.24) is 0 Å². The molecule has 0 aromatic carbocycles. The summed E-state index contributed by atoms with van der Waals surface area (Å²) >= 11 is 0. The fourth-order valence-corrected chi connectivity index (χ4v) is 19.2. The maximum Gasteiger partial charge on any atom is 0.313 e. The van der Waals surface area contributed by atoms with E-state index < -0.39 is 27.3 Å². The summed E-state index contributed by atoms with van der Waals surface area (Å²) in [5.41, 5.74) is -2.53. The first-order valence-electron chi connectivity index (χ1n) is 35.4. The Morgan fingerprint density at radius 3 is 1.30 bits per heavy atom. The molecule has 103 heavy (non-hydrogen) atoms. The van der Waals surface area contributed by atoms with Gasteiger partial charge in [-0.15, -0.1) is 0 Å². The summed E-state index contributed by atoms with van der Waals surface area (Å²) in [4.78, 5) is 120. The Balaban J connectivity index is 0.000000629. The monoisotopic (exact) mass is 1460 g/mol. The van der Waals surface area contributed by atoms with Crippen LogP contribution in [0.5, 0.6) is 0 Å². The zero-order chi connectivity index (χ0) is 68.1. The van der Waals surface area contributed by atoms with E-state index in [2.05, 4.69) is 20.8 Å². The van der Waals surface area contributed by atoms with E-state index in [4.69, 9.17) is 47.4 Å². The standard InChI is InChI=1S/C16H24O4.2C15H22O4.C14H20O4.C13H18O4.10CH4/c1-6-15(2,3)14(18)20-11-9-7-8-10(16(9,4)5)12(11)19-13(8)17;1-5-14(2,3)13(17)19-11-10-8-6-15(11,4)7-9(8)12(16)18-10;1-5-14(2,3)13(17)18-11-8-6-9-10(7-8)15(11,4)19-12(9)16;1-4-14(2,3)13(16)18-11-7-5-8-9(6-7)17-12(15)10(8)11;1-3-6(2)12(14)17-11-7-4-8-9(5-7)16-13(15)10(8)11;;;;;;;;;;/h8-12H,6-7H2,1-5H3;2*8-11H,5-7H2,1-4H3;7-11H,4-6H2,1-3H3;6-11H,3-5H2,1-2H3;10*1H4. The molecule has 15 fully saturated rings. The van der Waals surface area contributed by atoms with E-state index in [-0.39, 0.29) is 259 Å². The minimum atomic E-state index is -0.579. The molecule has 0 spiro atoms. The Hall–Kier alpha value is -5.30. The summed E-state index contributed by atoms with van der Waals surface area (Å²) in [6.07, 6.45) is 10.4. The van der Waals surface area contributed by atoms with Crippen molar-refractivity contribution in [3.8, 4) is 0 Å². The van der Waals surface area contributed by atoms with Crippen molar-refractivity contribution < 1.29 is 95.3 Å². The highest BCUT2D eigenvalue weighted by Crippen LogP contribution is 2.67. The van der Waals surface area contributed by atoms with Crippen LogP contribution >= 0.6 is 0 Å². The average Bonchev–Trinajstić information content (AvgIpc) is 1.55. The van der Waals surface area contributed by atoms with Crippen LogP contribution in [0.25, 0.3) is 0 Å². The number of hydrogen-bond donors (Lipinski definition) is 0. The zero-order valence-corrected chi connectivity index (χ0v) is 58.4. The molecule has 0 aromatic heterocycles. The largest absolute Gasteiger partial charge is 0.462 e. The highest BCUT2D eigenvalue weighted by atomic mass is 16.6. The molecule has 10 bridgehead atoms. The second-order valence-corrected chi connectivity index (χ2v) is 34.3. The number of carbonyl (C=O) groups is 10. The van der Waals surface area contributed by atoms with E-state index >= 15 is 0 Å². The third-order valence-electron chi connectivity index (χ3n) is 27.0. The molecule has 10 aliphatic carbocycles. The highest BCUT2D eigenvalue weighted by Gasteiger charge is 2.74. The van der Waals surface area contributed by atoms with Gasteiger partial charge >= 0.3 is 59.7 Å². The molecule has 20 heteroatoms. The third kappa shape index (κ3) is 15.9. The van der Waals surface area contributed by atoms with Crippen LogP contribution in [0.4, 0.5) is 0 Å². The molecule has 5 heterocycles. The summed E-state index contributed by atoms with van der Waals surface area (Å²) in [7, 11) is 0. The van der Waals surface area contributed by atoms with Crippen LogP contribution < -0.4 is 0 Å². The Morgan fingerprint density at radius 2 is 0.845 bits per heavy atom. The van der Waals surface area contributed by atoms with Gasteiger partial charge in [-0.3, -0.25) is 47.9 Å². The minimum Gasteiger partial charge on any atom is -0.462 e.